The molecule has 4 heteroatoms. The Morgan fingerprint density at radius 1 is 1.50 bits per heavy atom. The third-order valence-corrected chi connectivity index (χ3v) is 4.30. The van der Waals surface area contributed by atoms with E-state index in [2.05, 4.69) is 26.1 Å². The molecule has 18 heavy (non-hydrogen) atoms. The predicted octanol–water partition coefficient (Wildman–Crippen LogP) is 1.40. The Morgan fingerprint density at radius 3 is 2.94 bits per heavy atom. The van der Waals surface area contributed by atoms with Gasteiger partial charge in [0.2, 0.25) is 5.91 Å². The second-order valence-electron chi connectivity index (χ2n) is 6.16. The Morgan fingerprint density at radius 2 is 2.28 bits per heavy atom. The zero-order valence-corrected chi connectivity index (χ0v) is 11.9. The van der Waals surface area contributed by atoms with Crippen LogP contribution in [0, 0.1) is 5.92 Å². The highest BCUT2D eigenvalue weighted by Gasteiger charge is 2.38. The molecule has 4 nitrogen and oxygen atoms in total. The van der Waals surface area contributed by atoms with Crippen LogP contribution in [-0.2, 0) is 9.53 Å². The third kappa shape index (κ3) is 2.86. The molecule has 2 aliphatic heterocycles. The van der Waals surface area contributed by atoms with Crippen LogP contribution in [0.4, 0.5) is 0 Å². The fourth-order valence-corrected chi connectivity index (χ4v) is 3.01. The molecule has 0 radical (unpaired) electrons. The normalized spacial score (nSPS) is 32.3. The maximum absolute atomic E-state index is 12.6. The maximum Gasteiger partial charge on any atom is 0.240 e. The van der Waals surface area contributed by atoms with Crippen LogP contribution in [0.25, 0.3) is 0 Å². The highest BCUT2D eigenvalue weighted by atomic mass is 16.5. The molecule has 0 aliphatic carbocycles. The van der Waals surface area contributed by atoms with E-state index in [-0.39, 0.29) is 17.5 Å². The molecule has 0 aromatic carbocycles. The van der Waals surface area contributed by atoms with E-state index in [1.54, 1.807) is 0 Å². The van der Waals surface area contributed by atoms with Crippen LogP contribution in [0.2, 0.25) is 0 Å². The summed E-state index contributed by atoms with van der Waals surface area (Å²) in [5, 5.41) is 3.39. The summed E-state index contributed by atoms with van der Waals surface area (Å²) in [6.45, 7) is 9.40. The summed E-state index contributed by atoms with van der Waals surface area (Å²) in [5.41, 5.74) is -0.170. The zero-order valence-electron chi connectivity index (χ0n) is 11.9. The van der Waals surface area contributed by atoms with Gasteiger partial charge in [0.25, 0.3) is 0 Å². The maximum atomic E-state index is 12.6. The summed E-state index contributed by atoms with van der Waals surface area (Å²) < 4.78 is 5.48. The summed E-state index contributed by atoms with van der Waals surface area (Å²) in [4.78, 5) is 14.6. The summed E-state index contributed by atoms with van der Waals surface area (Å²) in [5.74, 6) is 0.964. The first-order chi connectivity index (χ1) is 8.54. The largest absolute Gasteiger partial charge is 0.377 e. The van der Waals surface area contributed by atoms with E-state index >= 15 is 0 Å². The van der Waals surface area contributed by atoms with E-state index in [1.165, 1.54) is 12.8 Å². The Labute approximate surface area is 110 Å². The van der Waals surface area contributed by atoms with E-state index in [1.807, 2.05) is 4.90 Å². The van der Waals surface area contributed by atoms with Crippen LogP contribution in [0.1, 0.15) is 40.0 Å². The quantitative estimate of drug-likeness (QED) is 0.810. The zero-order chi connectivity index (χ0) is 13.2. The van der Waals surface area contributed by atoms with Crippen LogP contribution in [-0.4, -0.2) is 48.7 Å². The smallest absolute Gasteiger partial charge is 0.240 e. The molecule has 2 aliphatic rings. The Bertz CT molecular complexity index is 304. The number of nitrogens with one attached hydrogen (secondary N) is 1. The fraction of sp³-hybridized carbons (Fsp3) is 0.929. The Kier molecular flexibility index (Phi) is 4.28. The molecule has 2 saturated heterocycles. The van der Waals surface area contributed by atoms with Gasteiger partial charge >= 0.3 is 0 Å². The topological polar surface area (TPSA) is 41.6 Å². The van der Waals surface area contributed by atoms with Gasteiger partial charge in [-0.1, -0.05) is 13.3 Å². The van der Waals surface area contributed by atoms with E-state index in [9.17, 15) is 4.79 Å². The summed E-state index contributed by atoms with van der Waals surface area (Å²) in [6, 6.07) is 0.0149. The van der Waals surface area contributed by atoms with Crippen molar-refractivity contribution in [2.45, 2.75) is 51.6 Å². The molecule has 0 aromatic rings. The van der Waals surface area contributed by atoms with Gasteiger partial charge < -0.3 is 15.0 Å². The first-order valence-corrected chi connectivity index (χ1v) is 7.17. The van der Waals surface area contributed by atoms with Gasteiger partial charge in [0.15, 0.2) is 0 Å². The predicted molar refractivity (Wildman–Crippen MR) is 71.4 cm³/mol. The van der Waals surface area contributed by atoms with Crippen LogP contribution >= 0.6 is 0 Å². The van der Waals surface area contributed by atoms with Crippen molar-refractivity contribution in [3.8, 4) is 0 Å². The van der Waals surface area contributed by atoms with Crippen LogP contribution < -0.4 is 5.32 Å². The molecule has 2 atom stereocenters. The van der Waals surface area contributed by atoms with Gasteiger partial charge in [-0.2, -0.15) is 0 Å². The van der Waals surface area contributed by atoms with Gasteiger partial charge in [-0.25, -0.2) is 0 Å². The lowest BCUT2D eigenvalue weighted by atomic mass is 9.89. The average Bonchev–Trinajstić information content (AvgIpc) is 2.37. The SMILES string of the molecule is CCC1CCNC(C(=O)N2CCOCC2(C)C)C1. The lowest BCUT2D eigenvalue weighted by Gasteiger charge is -2.44. The van der Waals surface area contributed by atoms with Crippen LogP contribution in [0.5, 0.6) is 0 Å². The lowest BCUT2D eigenvalue weighted by molar-refractivity contribution is -0.149. The molecule has 0 bridgehead atoms. The van der Waals surface area contributed by atoms with Crippen LogP contribution in [0.15, 0.2) is 0 Å². The number of nitrogens with zero attached hydrogens (tertiary/aromatic N) is 1. The molecule has 1 N–H and O–H groups in total. The summed E-state index contributed by atoms with van der Waals surface area (Å²) in [7, 11) is 0. The molecule has 0 spiro atoms. The van der Waals surface area contributed by atoms with Crippen molar-refractivity contribution >= 4 is 5.91 Å². The van der Waals surface area contributed by atoms with Crippen molar-refractivity contribution in [2.75, 3.05) is 26.3 Å². The van der Waals surface area contributed by atoms with Gasteiger partial charge in [-0.15, -0.1) is 0 Å². The summed E-state index contributed by atoms with van der Waals surface area (Å²) >= 11 is 0. The van der Waals surface area contributed by atoms with Crippen molar-refractivity contribution in [3.63, 3.8) is 0 Å². The van der Waals surface area contributed by atoms with Gasteiger partial charge in [0.05, 0.1) is 24.8 Å². The molecular weight excluding hydrogens is 228 g/mol. The minimum Gasteiger partial charge on any atom is -0.377 e. The molecule has 104 valence electrons. The molecule has 1 amide bonds. The van der Waals surface area contributed by atoms with Gasteiger partial charge in [-0.05, 0) is 39.2 Å². The number of carbonyl (C=O) groups is 1. The van der Waals surface area contributed by atoms with Crippen molar-refractivity contribution in [1.82, 2.24) is 10.2 Å². The molecule has 0 saturated carbocycles. The molecule has 2 heterocycles. The standard InChI is InChI=1S/C14H26N2O2/c1-4-11-5-6-15-12(9-11)13(17)16-7-8-18-10-14(16,2)3/h11-12,15H,4-10H2,1-3H3. The first kappa shape index (κ1) is 13.8. The van der Waals surface area contributed by atoms with E-state index in [0.717, 1.165) is 19.5 Å². The average molecular weight is 254 g/mol. The van der Waals surface area contributed by atoms with Crippen LogP contribution in [0.3, 0.4) is 0 Å². The minimum absolute atomic E-state index is 0.0149. The molecule has 2 unspecified atom stereocenters. The minimum atomic E-state index is -0.170. The summed E-state index contributed by atoms with van der Waals surface area (Å²) in [6.07, 6.45) is 3.37. The number of morpholine rings is 1. The van der Waals surface area contributed by atoms with Gasteiger partial charge in [-0.3, -0.25) is 4.79 Å². The monoisotopic (exact) mass is 254 g/mol. The van der Waals surface area contributed by atoms with Gasteiger partial charge in [0.1, 0.15) is 0 Å². The number of carbonyl (C=O) groups excluding carboxylic acids is 1. The van der Waals surface area contributed by atoms with Crippen molar-refractivity contribution in [1.29, 1.82) is 0 Å². The van der Waals surface area contributed by atoms with Gasteiger partial charge in [0, 0.05) is 6.54 Å². The van der Waals surface area contributed by atoms with Crippen molar-refractivity contribution in [2.24, 2.45) is 5.92 Å². The number of ether oxygens (including phenoxy) is 1. The van der Waals surface area contributed by atoms with E-state index in [4.69, 9.17) is 4.74 Å². The number of hydrogen-bond donors (Lipinski definition) is 1. The first-order valence-electron chi connectivity index (χ1n) is 7.17. The molecule has 2 rings (SSSR count). The second kappa shape index (κ2) is 5.57. The molecular formula is C14H26N2O2. The third-order valence-electron chi connectivity index (χ3n) is 4.30. The lowest BCUT2D eigenvalue weighted by Crippen LogP contribution is -2.61. The highest BCUT2D eigenvalue weighted by molar-refractivity contribution is 5.82. The number of piperidine rings is 1. The van der Waals surface area contributed by atoms with E-state index in [0.29, 0.717) is 19.1 Å². The Hall–Kier alpha value is -0.610. The number of hydrogen-bond acceptors (Lipinski definition) is 3. The fourth-order valence-electron chi connectivity index (χ4n) is 3.01. The second-order valence-corrected chi connectivity index (χ2v) is 6.16. The Balaban J connectivity index is 2.01. The number of rotatable bonds is 2. The molecule has 2 fully saturated rings. The van der Waals surface area contributed by atoms with E-state index < -0.39 is 0 Å². The molecule has 0 aromatic heterocycles. The van der Waals surface area contributed by atoms with Crippen molar-refractivity contribution in [3.05, 3.63) is 0 Å². The van der Waals surface area contributed by atoms with Crippen molar-refractivity contribution < 1.29 is 9.53 Å². The highest BCUT2D eigenvalue weighted by Crippen LogP contribution is 2.25. The number of amides is 1.